The first-order valence-electron chi connectivity index (χ1n) is 10.4. The summed E-state index contributed by atoms with van der Waals surface area (Å²) in [4.78, 5) is 32.6. The van der Waals surface area contributed by atoms with Crippen LogP contribution < -0.4 is 5.56 Å². The van der Waals surface area contributed by atoms with E-state index in [2.05, 4.69) is 18.8 Å². The van der Waals surface area contributed by atoms with E-state index in [-0.39, 0.29) is 11.5 Å². The third kappa shape index (κ3) is 3.95. The van der Waals surface area contributed by atoms with Crippen LogP contribution in [0.25, 0.3) is 16.6 Å². The Morgan fingerprint density at radius 3 is 2.48 bits per heavy atom. The molecule has 0 spiro atoms. The molecule has 0 bridgehead atoms. The van der Waals surface area contributed by atoms with Crippen LogP contribution in [0, 0.1) is 12.8 Å². The zero-order chi connectivity index (χ0) is 20.5. The highest BCUT2D eigenvalue weighted by Gasteiger charge is 2.32. The van der Waals surface area contributed by atoms with Crippen LogP contribution in [-0.2, 0) is 0 Å². The number of hydrogen-bond donors (Lipinski definition) is 0. The van der Waals surface area contributed by atoms with E-state index in [1.807, 2.05) is 54.3 Å². The molecule has 29 heavy (non-hydrogen) atoms. The molecule has 1 aliphatic rings. The molecule has 1 fully saturated rings. The lowest BCUT2D eigenvalue weighted by atomic mass is 10.1. The number of rotatable bonds is 6. The topological polar surface area (TPSA) is 55.2 Å². The predicted molar refractivity (Wildman–Crippen MR) is 116 cm³/mol. The molecular formula is C24H27N3O2. The molecule has 1 heterocycles. The van der Waals surface area contributed by atoms with Crippen molar-refractivity contribution in [1.82, 2.24) is 14.5 Å². The second kappa shape index (κ2) is 7.82. The zero-order valence-electron chi connectivity index (χ0n) is 17.3. The Morgan fingerprint density at radius 2 is 1.83 bits per heavy atom. The Balaban J connectivity index is 1.63. The first kappa shape index (κ1) is 19.4. The summed E-state index contributed by atoms with van der Waals surface area (Å²) < 4.78 is 1.61. The van der Waals surface area contributed by atoms with E-state index in [9.17, 15) is 9.59 Å². The van der Waals surface area contributed by atoms with Crippen LogP contribution in [0.15, 0.2) is 53.3 Å². The fraction of sp³-hybridized carbons (Fsp3) is 0.375. The second-order valence-electron chi connectivity index (χ2n) is 8.28. The van der Waals surface area contributed by atoms with Gasteiger partial charge < -0.3 is 4.90 Å². The van der Waals surface area contributed by atoms with E-state index >= 15 is 0 Å². The van der Waals surface area contributed by atoms with Crippen LogP contribution in [0.3, 0.4) is 0 Å². The second-order valence-corrected chi connectivity index (χ2v) is 8.28. The highest BCUT2D eigenvalue weighted by Crippen LogP contribution is 2.29. The summed E-state index contributed by atoms with van der Waals surface area (Å²) in [5.41, 5.74) is 2.00. The van der Waals surface area contributed by atoms with Crippen molar-refractivity contribution in [3.8, 4) is 5.69 Å². The summed E-state index contributed by atoms with van der Waals surface area (Å²) in [6.07, 6.45) is 3.20. The molecule has 0 unspecified atom stereocenters. The quantitative estimate of drug-likeness (QED) is 0.630. The van der Waals surface area contributed by atoms with Gasteiger partial charge in [0.15, 0.2) is 0 Å². The van der Waals surface area contributed by atoms with Crippen LogP contribution in [0.2, 0.25) is 0 Å². The van der Waals surface area contributed by atoms with Gasteiger partial charge in [0.05, 0.1) is 16.6 Å². The summed E-state index contributed by atoms with van der Waals surface area (Å²) in [5, 5.41) is 0.590. The molecule has 0 aliphatic heterocycles. The lowest BCUT2D eigenvalue weighted by molar-refractivity contribution is 0.0735. The monoisotopic (exact) mass is 389 g/mol. The predicted octanol–water partition coefficient (Wildman–Crippen LogP) is 4.34. The number of carbonyl (C=O) groups excluding carboxylic acids is 1. The van der Waals surface area contributed by atoms with Gasteiger partial charge in [-0.05, 0) is 68.5 Å². The van der Waals surface area contributed by atoms with Crippen molar-refractivity contribution < 1.29 is 4.79 Å². The number of nitrogens with zero attached hydrogens (tertiary/aromatic N) is 3. The number of aromatic nitrogens is 2. The number of amides is 1. The summed E-state index contributed by atoms with van der Waals surface area (Å²) in [5.74, 6) is 1.28. The molecule has 0 N–H and O–H groups in total. The average Bonchev–Trinajstić information content (AvgIpc) is 3.53. The van der Waals surface area contributed by atoms with Gasteiger partial charge in [-0.15, -0.1) is 0 Å². The molecule has 0 radical (unpaired) electrons. The normalized spacial score (nSPS) is 13.8. The lowest BCUT2D eigenvalue weighted by Gasteiger charge is -2.23. The minimum Gasteiger partial charge on any atom is -0.336 e. The van der Waals surface area contributed by atoms with Gasteiger partial charge in [-0.3, -0.25) is 14.2 Å². The molecule has 1 aliphatic carbocycles. The van der Waals surface area contributed by atoms with E-state index in [1.54, 1.807) is 10.6 Å². The highest BCUT2D eigenvalue weighted by molar-refractivity contribution is 5.94. The number of carbonyl (C=O) groups is 1. The fourth-order valence-corrected chi connectivity index (χ4v) is 3.70. The van der Waals surface area contributed by atoms with Gasteiger partial charge in [0.25, 0.3) is 11.5 Å². The maximum Gasteiger partial charge on any atom is 0.265 e. The molecule has 2 aromatic carbocycles. The van der Waals surface area contributed by atoms with Gasteiger partial charge in [-0.2, -0.15) is 0 Å². The number of aryl methyl sites for hydroxylation is 1. The van der Waals surface area contributed by atoms with E-state index in [4.69, 9.17) is 0 Å². The van der Waals surface area contributed by atoms with Crippen molar-refractivity contribution in [2.24, 2.45) is 5.92 Å². The first-order valence-corrected chi connectivity index (χ1v) is 10.4. The van der Waals surface area contributed by atoms with Gasteiger partial charge in [-0.25, -0.2) is 4.98 Å². The van der Waals surface area contributed by atoms with Crippen LogP contribution in [0.5, 0.6) is 0 Å². The van der Waals surface area contributed by atoms with Gasteiger partial charge in [0.1, 0.15) is 5.82 Å². The molecule has 4 rings (SSSR count). The van der Waals surface area contributed by atoms with E-state index < -0.39 is 0 Å². The Bertz CT molecular complexity index is 1100. The van der Waals surface area contributed by atoms with Crippen molar-refractivity contribution in [1.29, 1.82) is 0 Å². The maximum absolute atomic E-state index is 13.0. The molecule has 0 atom stereocenters. The smallest absolute Gasteiger partial charge is 0.265 e. The number of fused-ring (bicyclic) bond motifs is 1. The van der Waals surface area contributed by atoms with Crippen molar-refractivity contribution in [3.63, 3.8) is 0 Å². The van der Waals surface area contributed by atoms with Crippen LogP contribution in [0.1, 0.15) is 49.3 Å². The Hall–Kier alpha value is -2.95. The minimum atomic E-state index is -0.0938. The summed E-state index contributed by atoms with van der Waals surface area (Å²) in [6.45, 7) is 6.99. The number of benzene rings is 2. The van der Waals surface area contributed by atoms with Gasteiger partial charge >= 0.3 is 0 Å². The van der Waals surface area contributed by atoms with Crippen molar-refractivity contribution in [3.05, 3.63) is 70.3 Å². The van der Waals surface area contributed by atoms with Gasteiger partial charge in [-0.1, -0.05) is 26.0 Å². The molecule has 1 amide bonds. The highest BCUT2D eigenvalue weighted by atomic mass is 16.2. The van der Waals surface area contributed by atoms with Crippen molar-refractivity contribution in [2.75, 3.05) is 6.54 Å². The number of para-hydroxylation sites is 1. The van der Waals surface area contributed by atoms with Gasteiger partial charge in [0.2, 0.25) is 0 Å². The number of hydrogen-bond acceptors (Lipinski definition) is 3. The Labute approximate surface area is 171 Å². The third-order valence-electron chi connectivity index (χ3n) is 5.51. The third-order valence-corrected chi connectivity index (χ3v) is 5.51. The largest absolute Gasteiger partial charge is 0.336 e. The summed E-state index contributed by atoms with van der Waals surface area (Å²) in [7, 11) is 0. The SMILES string of the molecule is Cc1nc2ccccc2c(=O)n1-c1ccc(C(=O)N(CCC(C)C)C2CC2)cc1. The van der Waals surface area contributed by atoms with Gasteiger partial charge in [0, 0.05) is 18.2 Å². The van der Waals surface area contributed by atoms with E-state index in [1.165, 1.54) is 0 Å². The molecule has 5 nitrogen and oxygen atoms in total. The standard InChI is InChI=1S/C24H27N3O2/c1-16(2)14-15-26(19-12-13-19)23(28)18-8-10-20(11-9-18)27-17(3)25-22-7-5-4-6-21(22)24(27)29/h4-11,16,19H,12-15H2,1-3H3. The van der Waals surface area contributed by atoms with Crippen LogP contribution in [-0.4, -0.2) is 32.9 Å². The molecule has 1 aromatic heterocycles. The van der Waals surface area contributed by atoms with Crippen LogP contribution in [0.4, 0.5) is 0 Å². The first-order chi connectivity index (χ1) is 14.0. The molecule has 0 saturated heterocycles. The van der Waals surface area contributed by atoms with Crippen LogP contribution >= 0.6 is 0 Å². The average molecular weight is 389 g/mol. The lowest BCUT2D eigenvalue weighted by Crippen LogP contribution is -2.34. The molecule has 1 saturated carbocycles. The van der Waals surface area contributed by atoms with E-state index in [0.29, 0.717) is 34.3 Å². The molecule has 150 valence electrons. The Morgan fingerprint density at radius 1 is 1.14 bits per heavy atom. The summed E-state index contributed by atoms with van der Waals surface area (Å²) in [6, 6.07) is 15.1. The molecule has 5 heteroatoms. The summed E-state index contributed by atoms with van der Waals surface area (Å²) >= 11 is 0. The van der Waals surface area contributed by atoms with Crippen molar-refractivity contribution >= 4 is 16.8 Å². The van der Waals surface area contributed by atoms with Crippen molar-refractivity contribution in [2.45, 2.75) is 46.1 Å². The maximum atomic E-state index is 13.0. The minimum absolute atomic E-state index is 0.0837. The Kier molecular flexibility index (Phi) is 5.22. The molecular weight excluding hydrogens is 362 g/mol. The molecule has 3 aromatic rings. The zero-order valence-corrected chi connectivity index (χ0v) is 17.3. The fourth-order valence-electron chi connectivity index (χ4n) is 3.70. The van der Waals surface area contributed by atoms with E-state index in [0.717, 1.165) is 31.5 Å².